The molecule has 0 fully saturated rings. The van der Waals surface area contributed by atoms with Gasteiger partial charge in [0.15, 0.2) is 0 Å². The summed E-state index contributed by atoms with van der Waals surface area (Å²) in [6.07, 6.45) is 1.77. The van der Waals surface area contributed by atoms with Crippen molar-refractivity contribution in [1.82, 2.24) is 9.97 Å². The van der Waals surface area contributed by atoms with Crippen molar-refractivity contribution < 1.29 is 0 Å². The summed E-state index contributed by atoms with van der Waals surface area (Å²) < 4.78 is 0. The fourth-order valence-electron chi connectivity index (χ4n) is 1.23. The monoisotopic (exact) mass is 204 g/mol. The highest BCUT2D eigenvalue weighted by Gasteiger charge is 2.00. The summed E-state index contributed by atoms with van der Waals surface area (Å²) in [7, 11) is 0. The highest BCUT2D eigenvalue weighted by molar-refractivity contribution is 6.29. The van der Waals surface area contributed by atoms with Gasteiger partial charge in [-0.2, -0.15) is 0 Å². The number of halogens is 1. The Morgan fingerprint density at radius 2 is 2.00 bits per heavy atom. The van der Waals surface area contributed by atoms with Crippen LogP contribution in [0.3, 0.4) is 0 Å². The normalized spacial score (nSPS) is 10.1. The topological polar surface area (TPSA) is 25.8 Å². The Labute approximate surface area is 87.6 Å². The lowest BCUT2D eigenvalue weighted by Crippen LogP contribution is -1.87. The summed E-state index contributed by atoms with van der Waals surface area (Å²) in [5.41, 5.74) is 2.82. The number of pyridine rings is 2. The zero-order valence-corrected chi connectivity index (χ0v) is 8.49. The van der Waals surface area contributed by atoms with Gasteiger partial charge in [0.1, 0.15) is 5.15 Å². The molecule has 0 radical (unpaired) electrons. The quantitative estimate of drug-likeness (QED) is 0.667. The van der Waals surface area contributed by atoms with Crippen molar-refractivity contribution in [1.29, 1.82) is 0 Å². The second-order valence-electron chi connectivity index (χ2n) is 3.06. The summed E-state index contributed by atoms with van der Waals surface area (Å²) >= 11 is 5.80. The molecule has 2 heterocycles. The average Bonchev–Trinajstić information content (AvgIpc) is 2.18. The summed E-state index contributed by atoms with van der Waals surface area (Å²) in [5, 5.41) is 0.491. The largest absolute Gasteiger partial charge is 0.255 e. The lowest BCUT2D eigenvalue weighted by Gasteiger charge is -2.00. The molecule has 2 rings (SSSR count). The van der Waals surface area contributed by atoms with Crippen LogP contribution in [-0.4, -0.2) is 9.97 Å². The van der Waals surface area contributed by atoms with Gasteiger partial charge in [-0.1, -0.05) is 17.7 Å². The third kappa shape index (κ3) is 1.91. The molecule has 0 aliphatic heterocycles. The predicted molar refractivity (Wildman–Crippen MR) is 57.2 cm³/mol. The maximum atomic E-state index is 5.80. The van der Waals surface area contributed by atoms with Crippen LogP contribution in [0.2, 0.25) is 5.15 Å². The fraction of sp³-hybridized carbons (Fsp3) is 0.0909. The first-order valence-electron chi connectivity index (χ1n) is 4.31. The van der Waals surface area contributed by atoms with Crippen LogP contribution in [0.15, 0.2) is 36.5 Å². The zero-order valence-electron chi connectivity index (χ0n) is 7.74. The van der Waals surface area contributed by atoms with Crippen LogP contribution in [0, 0.1) is 6.92 Å². The molecule has 2 aromatic rings. The maximum absolute atomic E-state index is 5.80. The highest BCUT2D eigenvalue weighted by atomic mass is 35.5. The Morgan fingerprint density at radius 3 is 2.71 bits per heavy atom. The first-order chi connectivity index (χ1) is 6.75. The zero-order chi connectivity index (χ0) is 9.97. The van der Waals surface area contributed by atoms with Gasteiger partial charge in [-0.05, 0) is 36.8 Å². The van der Waals surface area contributed by atoms with Gasteiger partial charge in [0.2, 0.25) is 0 Å². The van der Waals surface area contributed by atoms with E-state index in [4.69, 9.17) is 11.6 Å². The Morgan fingerprint density at radius 1 is 1.14 bits per heavy atom. The van der Waals surface area contributed by atoms with Gasteiger partial charge < -0.3 is 0 Å². The smallest absolute Gasteiger partial charge is 0.129 e. The van der Waals surface area contributed by atoms with Gasteiger partial charge in [0.25, 0.3) is 0 Å². The van der Waals surface area contributed by atoms with E-state index in [1.807, 2.05) is 31.2 Å². The molecule has 0 saturated carbocycles. The summed E-state index contributed by atoms with van der Waals surface area (Å²) in [6, 6.07) is 9.45. The number of nitrogens with zero attached hydrogens (tertiary/aromatic N) is 2. The molecule has 0 saturated heterocycles. The molecule has 0 spiro atoms. The number of hydrogen-bond acceptors (Lipinski definition) is 2. The minimum atomic E-state index is 0.491. The van der Waals surface area contributed by atoms with E-state index in [2.05, 4.69) is 9.97 Å². The molecule has 14 heavy (non-hydrogen) atoms. The Hall–Kier alpha value is -1.41. The molecule has 0 aliphatic carbocycles. The van der Waals surface area contributed by atoms with E-state index in [1.54, 1.807) is 12.3 Å². The van der Waals surface area contributed by atoms with E-state index in [0.29, 0.717) is 5.15 Å². The van der Waals surface area contributed by atoms with Crippen LogP contribution in [0.1, 0.15) is 5.56 Å². The summed E-state index contributed by atoms with van der Waals surface area (Å²) in [5.74, 6) is 0. The van der Waals surface area contributed by atoms with Crippen LogP contribution in [0.5, 0.6) is 0 Å². The van der Waals surface area contributed by atoms with Crippen LogP contribution >= 0.6 is 11.6 Å². The number of hydrogen-bond donors (Lipinski definition) is 0. The minimum absolute atomic E-state index is 0.491. The predicted octanol–water partition coefficient (Wildman–Crippen LogP) is 3.11. The minimum Gasteiger partial charge on any atom is -0.255 e. The third-order valence-electron chi connectivity index (χ3n) is 1.89. The van der Waals surface area contributed by atoms with E-state index in [0.717, 1.165) is 17.0 Å². The second kappa shape index (κ2) is 3.76. The first kappa shape index (κ1) is 9.16. The van der Waals surface area contributed by atoms with Crippen LogP contribution in [0.25, 0.3) is 11.4 Å². The molecular formula is C11H9ClN2. The lowest BCUT2D eigenvalue weighted by molar-refractivity contribution is 1.23. The van der Waals surface area contributed by atoms with Crippen molar-refractivity contribution in [2.75, 3.05) is 0 Å². The molecule has 70 valence electrons. The lowest BCUT2D eigenvalue weighted by atomic mass is 10.2. The SMILES string of the molecule is Cc1ccnc(-c2cccc(Cl)n2)c1. The molecule has 0 unspecified atom stereocenters. The molecule has 0 aliphatic rings. The number of rotatable bonds is 1. The van der Waals surface area contributed by atoms with Crippen molar-refractivity contribution in [2.45, 2.75) is 6.92 Å². The molecule has 2 nitrogen and oxygen atoms in total. The van der Waals surface area contributed by atoms with Crippen molar-refractivity contribution in [3.63, 3.8) is 0 Å². The van der Waals surface area contributed by atoms with Gasteiger partial charge in [0.05, 0.1) is 11.4 Å². The van der Waals surface area contributed by atoms with E-state index in [-0.39, 0.29) is 0 Å². The molecule has 0 bridgehead atoms. The molecule has 3 heteroatoms. The van der Waals surface area contributed by atoms with Gasteiger partial charge in [-0.25, -0.2) is 4.98 Å². The van der Waals surface area contributed by atoms with Gasteiger partial charge in [0, 0.05) is 6.20 Å². The Balaban J connectivity index is 2.49. The molecule has 0 atom stereocenters. The van der Waals surface area contributed by atoms with Gasteiger partial charge in [-0.15, -0.1) is 0 Å². The van der Waals surface area contributed by atoms with E-state index in [9.17, 15) is 0 Å². The molecule has 2 aromatic heterocycles. The number of aryl methyl sites for hydroxylation is 1. The Bertz CT molecular complexity index is 411. The fourth-order valence-corrected chi connectivity index (χ4v) is 1.39. The number of aromatic nitrogens is 2. The second-order valence-corrected chi connectivity index (χ2v) is 3.45. The molecular weight excluding hydrogens is 196 g/mol. The Kier molecular flexibility index (Phi) is 2.46. The van der Waals surface area contributed by atoms with E-state index < -0.39 is 0 Å². The molecule has 0 N–H and O–H groups in total. The van der Waals surface area contributed by atoms with Gasteiger partial charge >= 0.3 is 0 Å². The van der Waals surface area contributed by atoms with Crippen molar-refractivity contribution >= 4 is 11.6 Å². The van der Waals surface area contributed by atoms with Crippen LogP contribution in [0.4, 0.5) is 0 Å². The van der Waals surface area contributed by atoms with Crippen molar-refractivity contribution in [3.05, 3.63) is 47.2 Å². The van der Waals surface area contributed by atoms with Crippen molar-refractivity contribution in [3.8, 4) is 11.4 Å². The third-order valence-corrected chi connectivity index (χ3v) is 2.10. The van der Waals surface area contributed by atoms with Crippen LogP contribution in [-0.2, 0) is 0 Å². The summed E-state index contributed by atoms with van der Waals surface area (Å²) in [4.78, 5) is 8.42. The molecule has 0 aromatic carbocycles. The van der Waals surface area contributed by atoms with Crippen molar-refractivity contribution in [2.24, 2.45) is 0 Å². The van der Waals surface area contributed by atoms with Crippen LogP contribution < -0.4 is 0 Å². The highest BCUT2D eigenvalue weighted by Crippen LogP contribution is 2.17. The standard InChI is InChI=1S/C11H9ClN2/c1-8-5-6-13-10(7-8)9-3-2-4-11(12)14-9/h2-7H,1H3. The van der Waals surface area contributed by atoms with E-state index in [1.165, 1.54) is 0 Å². The average molecular weight is 205 g/mol. The first-order valence-corrected chi connectivity index (χ1v) is 4.69. The summed E-state index contributed by atoms with van der Waals surface area (Å²) in [6.45, 7) is 2.02. The maximum Gasteiger partial charge on any atom is 0.129 e. The van der Waals surface area contributed by atoms with Gasteiger partial charge in [-0.3, -0.25) is 4.98 Å². The molecule has 0 amide bonds. The van der Waals surface area contributed by atoms with E-state index >= 15 is 0 Å².